The Balaban J connectivity index is 1.90. The fourth-order valence-corrected chi connectivity index (χ4v) is 1.90. The maximum atomic E-state index is 5.91. The molecule has 0 saturated carbocycles. The molecule has 90 valence electrons. The highest BCUT2D eigenvalue weighted by atomic mass is 35.5. The predicted molar refractivity (Wildman–Crippen MR) is 68.0 cm³/mol. The number of rotatable bonds is 4. The first kappa shape index (κ1) is 12.1. The Morgan fingerprint density at radius 2 is 2.06 bits per heavy atom. The van der Waals surface area contributed by atoms with E-state index in [0.717, 1.165) is 23.0 Å². The molecule has 0 aliphatic heterocycles. The van der Waals surface area contributed by atoms with Crippen LogP contribution in [-0.4, -0.2) is 5.16 Å². The standard InChI is InChI=1S/C13H15ClN2O/c1-9-5-12(14)4-3-11(9)7-15-8-13-6-10(2)16-17-13/h3-6,15H,7-8H2,1-2H3. The zero-order valence-electron chi connectivity index (χ0n) is 9.96. The molecule has 3 nitrogen and oxygen atoms in total. The van der Waals surface area contributed by atoms with Crippen LogP contribution in [-0.2, 0) is 13.1 Å². The fourth-order valence-electron chi connectivity index (χ4n) is 1.68. The molecule has 1 N–H and O–H groups in total. The van der Waals surface area contributed by atoms with Crippen molar-refractivity contribution in [1.29, 1.82) is 0 Å². The van der Waals surface area contributed by atoms with Crippen molar-refractivity contribution >= 4 is 11.6 Å². The highest BCUT2D eigenvalue weighted by Crippen LogP contribution is 2.15. The van der Waals surface area contributed by atoms with Crippen LogP contribution in [0.3, 0.4) is 0 Å². The van der Waals surface area contributed by atoms with E-state index in [0.29, 0.717) is 6.54 Å². The summed E-state index contributed by atoms with van der Waals surface area (Å²) in [6, 6.07) is 7.85. The van der Waals surface area contributed by atoms with Crippen LogP contribution >= 0.6 is 11.6 Å². The van der Waals surface area contributed by atoms with Gasteiger partial charge < -0.3 is 9.84 Å². The number of halogens is 1. The Bertz CT molecular complexity index is 508. The van der Waals surface area contributed by atoms with Gasteiger partial charge in [-0.05, 0) is 37.1 Å². The number of aryl methyl sites for hydroxylation is 2. The van der Waals surface area contributed by atoms with Crippen LogP contribution in [0.1, 0.15) is 22.6 Å². The minimum Gasteiger partial charge on any atom is -0.360 e. The van der Waals surface area contributed by atoms with Crippen LogP contribution in [0.5, 0.6) is 0 Å². The average molecular weight is 251 g/mol. The van der Waals surface area contributed by atoms with Crippen molar-refractivity contribution in [1.82, 2.24) is 10.5 Å². The van der Waals surface area contributed by atoms with Gasteiger partial charge in [-0.3, -0.25) is 0 Å². The van der Waals surface area contributed by atoms with Crippen LogP contribution in [0.4, 0.5) is 0 Å². The molecule has 0 radical (unpaired) electrons. The van der Waals surface area contributed by atoms with Crippen LogP contribution < -0.4 is 5.32 Å². The summed E-state index contributed by atoms with van der Waals surface area (Å²) in [5.41, 5.74) is 3.34. The Labute approximate surface area is 106 Å². The van der Waals surface area contributed by atoms with E-state index in [1.807, 2.05) is 31.2 Å². The molecule has 0 atom stereocenters. The summed E-state index contributed by atoms with van der Waals surface area (Å²) in [5.74, 6) is 0.856. The number of benzene rings is 1. The van der Waals surface area contributed by atoms with Gasteiger partial charge in [0, 0.05) is 17.6 Å². The third-order valence-electron chi connectivity index (χ3n) is 2.60. The predicted octanol–water partition coefficient (Wildman–Crippen LogP) is 3.23. The topological polar surface area (TPSA) is 38.1 Å². The molecule has 0 amide bonds. The van der Waals surface area contributed by atoms with E-state index in [1.54, 1.807) is 0 Å². The molecule has 1 aromatic carbocycles. The second kappa shape index (κ2) is 5.34. The van der Waals surface area contributed by atoms with Gasteiger partial charge in [0.05, 0.1) is 12.2 Å². The molecule has 0 spiro atoms. The molecule has 0 aliphatic carbocycles. The number of nitrogens with one attached hydrogen (secondary N) is 1. The van der Waals surface area contributed by atoms with Crippen molar-refractivity contribution in [3.05, 3.63) is 51.9 Å². The van der Waals surface area contributed by atoms with Gasteiger partial charge in [-0.25, -0.2) is 0 Å². The zero-order valence-corrected chi connectivity index (χ0v) is 10.7. The molecular weight excluding hydrogens is 236 g/mol. The minimum absolute atomic E-state index is 0.683. The summed E-state index contributed by atoms with van der Waals surface area (Å²) in [6.45, 7) is 5.45. The third-order valence-corrected chi connectivity index (χ3v) is 2.83. The first-order chi connectivity index (χ1) is 8.15. The fraction of sp³-hybridized carbons (Fsp3) is 0.308. The van der Waals surface area contributed by atoms with E-state index in [9.17, 15) is 0 Å². The lowest BCUT2D eigenvalue weighted by atomic mass is 10.1. The molecule has 17 heavy (non-hydrogen) atoms. The van der Waals surface area contributed by atoms with Crippen molar-refractivity contribution in [3.63, 3.8) is 0 Å². The first-order valence-corrected chi connectivity index (χ1v) is 5.91. The van der Waals surface area contributed by atoms with Crippen molar-refractivity contribution in [2.45, 2.75) is 26.9 Å². The lowest BCUT2D eigenvalue weighted by Crippen LogP contribution is -2.12. The van der Waals surface area contributed by atoms with Crippen LogP contribution in [0, 0.1) is 13.8 Å². The SMILES string of the molecule is Cc1cc(CNCc2ccc(Cl)cc2C)on1. The van der Waals surface area contributed by atoms with Gasteiger partial charge in [0.15, 0.2) is 5.76 Å². The van der Waals surface area contributed by atoms with E-state index in [2.05, 4.69) is 17.4 Å². The zero-order chi connectivity index (χ0) is 12.3. The van der Waals surface area contributed by atoms with Crippen molar-refractivity contribution in [2.75, 3.05) is 0 Å². The number of hydrogen-bond donors (Lipinski definition) is 1. The van der Waals surface area contributed by atoms with Gasteiger partial charge in [0.1, 0.15) is 0 Å². The van der Waals surface area contributed by atoms with Crippen molar-refractivity contribution in [2.24, 2.45) is 0 Å². The van der Waals surface area contributed by atoms with Gasteiger partial charge in [-0.15, -0.1) is 0 Å². The van der Waals surface area contributed by atoms with Gasteiger partial charge in [0.2, 0.25) is 0 Å². The smallest absolute Gasteiger partial charge is 0.150 e. The summed E-state index contributed by atoms with van der Waals surface area (Å²) < 4.78 is 5.12. The van der Waals surface area contributed by atoms with Crippen molar-refractivity contribution in [3.8, 4) is 0 Å². The molecule has 4 heteroatoms. The van der Waals surface area contributed by atoms with E-state index in [1.165, 1.54) is 11.1 Å². The lowest BCUT2D eigenvalue weighted by Gasteiger charge is -2.06. The Hall–Kier alpha value is -1.32. The Morgan fingerprint density at radius 3 is 2.71 bits per heavy atom. The summed E-state index contributed by atoms with van der Waals surface area (Å²) >= 11 is 5.91. The largest absolute Gasteiger partial charge is 0.360 e. The van der Waals surface area contributed by atoms with Crippen LogP contribution in [0.2, 0.25) is 5.02 Å². The van der Waals surface area contributed by atoms with Gasteiger partial charge >= 0.3 is 0 Å². The summed E-state index contributed by atoms with van der Waals surface area (Å²) in [6.07, 6.45) is 0. The Morgan fingerprint density at radius 1 is 1.24 bits per heavy atom. The van der Waals surface area contributed by atoms with E-state index in [-0.39, 0.29) is 0 Å². The Kier molecular flexibility index (Phi) is 3.82. The van der Waals surface area contributed by atoms with E-state index < -0.39 is 0 Å². The van der Waals surface area contributed by atoms with Crippen LogP contribution in [0.15, 0.2) is 28.8 Å². The molecule has 0 saturated heterocycles. The highest BCUT2D eigenvalue weighted by Gasteiger charge is 2.02. The molecule has 2 rings (SSSR count). The lowest BCUT2D eigenvalue weighted by molar-refractivity contribution is 0.369. The normalized spacial score (nSPS) is 10.8. The van der Waals surface area contributed by atoms with Gasteiger partial charge in [0.25, 0.3) is 0 Å². The van der Waals surface area contributed by atoms with Gasteiger partial charge in [-0.1, -0.05) is 22.8 Å². The minimum atomic E-state index is 0.683. The monoisotopic (exact) mass is 250 g/mol. The molecule has 0 fully saturated rings. The number of nitrogens with zero attached hydrogens (tertiary/aromatic N) is 1. The number of aromatic nitrogens is 1. The molecule has 0 aliphatic rings. The molecule has 2 aromatic rings. The maximum absolute atomic E-state index is 5.91. The summed E-state index contributed by atoms with van der Waals surface area (Å²) in [5, 5.41) is 7.93. The van der Waals surface area contributed by atoms with E-state index >= 15 is 0 Å². The molecule has 0 unspecified atom stereocenters. The maximum Gasteiger partial charge on any atom is 0.150 e. The summed E-state index contributed by atoms with van der Waals surface area (Å²) in [7, 11) is 0. The summed E-state index contributed by atoms with van der Waals surface area (Å²) in [4.78, 5) is 0. The van der Waals surface area contributed by atoms with Crippen molar-refractivity contribution < 1.29 is 4.52 Å². The van der Waals surface area contributed by atoms with E-state index in [4.69, 9.17) is 16.1 Å². The second-order valence-corrected chi connectivity index (χ2v) is 4.55. The third kappa shape index (κ3) is 3.32. The second-order valence-electron chi connectivity index (χ2n) is 4.11. The number of hydrogen-bond acceptors (Lipinski definition) is 3. The molecule has 0 bridgehead atoms. The quantitative estimate of drug-likeness (QED) is 0.905. The van der Waals surface area contributed by atoms with Crippen LogP contribution in [0.25, 0.3) is 0 Å². The average Bonchev–Trinajstić information content (AvgIpc) is 2.68. The molecule has 1 aromatic heterocycles. The first-order valence-electron chi connectivity index (χ1n) is 5.53. The molecule has 1 heterocycles. The highest BCUT2D eigenvalue weighted by molar-refractivity contribution is 6.30. The molecular formula is C13H15ClN2O. The van der Waals surface area contributed by atoms with Gasteiger partial charge in [-0.2, -0.15) is 0 Å².